The Bertz CT molecular complexity index is 392. The van der Waals surface area contributed by atoms with E-state index < -0.39 is 0 Å². The van der Waals surface area contributed by atoms with Gasteiger partial charge in [-0.25, -0.2) is 0 Å². The fourth-order valence-corrected chi connectivity index (χ4v) is 2.70. The Labute approximate surface area is 142 Å². The molecule has 0 amide bonds. The minimum Gasteiger partial charge on any atom is -0.412 e. The maximum absolute atomic E-state index is 11.7. The fourth-order valence-electron chi connectivity index (χ4n) is 2.70. The summed E-state index contributed by atoms with van der Waals surface area (Å²) >= 11 is 0. The topological polar surface area (TPSA) is 30.2 Å². The Morgan fingerprint density at radius 2 is 1.22 bits per heavy atom. The first kappa shape index (κ1) is 19.7. The van der Waals surface area contributed by atoms with E-state index in [1.165, 1.54) is 68.8 Å². The molecule has 1 aromatic heterocycles. The second kappa shape index (κ2) is 14.2. The molecule has 1 aromatic rings. The lowest BCUT2D eigenvalue weighted by atomic mass is 10.1. The van der Waals surface area contributed by atoms with Crippen molar-refractivity contribution in [2.24, 2.45) is 0 Å². The monoisotopic (exact) mass is 320 g/mol. The highest BCUT2D eigenvalue weighted by Crippen LogP contribution is 2.11. The van der Waals surface area contributed by atoms with Gasteiger partial charge >= 0.3 is 6.09 Å². The highest BCUT2D eigenvalue weighted by molar-refractivity contribution is 5.56. The summed E-state index contributed by atoms with van der Waals surface area (Å²) in [6.45, 7) is 2.79. The lowest BCUT2D eigenvalue weighted by Crippen LogP contribution is -2.42. The number of rotatable bonds is 13. The number of hydrogen-bond donors (Lipinski definition) is 0. The van der Waals surface area contributed by atoms with Crippen molar-refractivity contribution in [2.75, 3.05) is 6.61 Å². The SMILES string of the molecule is CCCCCCCCCCCCCCOC(=O)[n+]1ccccc1. The van der Waals surface area contributed by atoms with Crippen molar-refractivity contribution in [2.45, 2.75) is 84.0 Å². The molecule has 3 heteroatoms. The van der Waals surface area contributed by atoms with Gasteiger partial charge in [0.05, 0.1) is 6.61 Å². The zero-order chi connectivity index (χ0) is 16.6. The van der Waals surface area contributed by atoms with Crippen LogP contribution in [-0.2, 0) is 4.74 Å². The average Bonchev–Trinajstić information content (AvgIpc) is 2.59. The van der Waals surface area contributed by atoms with Crippen LogP contribution in [0, 0.1) is 0 Å². The average molecular weight is 320 g/mol. The normalized spacial score (nSPS) is 10.7. The molecule has 3 nitrogen and oxygen atoms in total. The van der Waals surface area contributed by atoms with Crippen LogP contribution in [0.1, 0.15) is 84.0 Å². The maximum Gasteiger partial charge on any atom is 0.601 e. The number of pyridine rings is 1. The molecule has 0 fully saturated rings. The minimum absolute atomic E-state index is 0.284. The molecule has 0 saturated heterocycles. The van der Waals surface area contributed by atoms with Crippen molar-refractivity contribution in [3.8, 4) is 0 Å². The van der Waals surface area contributed by atoms with Crippen LogP contribution in [-0.4, -0.2) is 12.7 Å². The molecule has 23 heavy (non-hydrogen) atoms. The number of nitrogens with zero attached hydrogens (tertiary/aromatic N) is 1. The summed E-state index contributed by atoms with van der Waals surface area (Å²) in [5.41, 5.74) is 0. The van der Waals surface area contributed by atoms with Crippen LogP contribution in [0.2, 0.25) is 0 Å². The molecule has 0 aliphatic carbocycles. The smallest absolute Gasteiger partial charge is 0.412 e. The van der Waals surface area contributed by atoms with E-state index >= 15 is 0 Å². The standard InChI is InChI=1S/C20H34NO2/c1-2-3-4-5-6-7-8-9-10-11-12-16-19-23-20(22)21-17-14-13-15-18-21/h13-15,17-18H,2-12,16,19H2,1H3/q+1. The van der Waals surface area contributed by atoms with Gasteiger partial charge in [0, 0.05) is 12.1 Å². The van der Waals surface area contributed by atoms with E-state index in [4.69, 9.17) is 4.74 Å². The van der Waals surface area contributed by atoms with Crippen LogP contribution in [0.25, 0.3) is 0 Å². The van der Waals surface area contributed by atoms with E-state index in [2.05, 4.69) is 6.92 Å². The van der Waals surface area contributed by atoms with Gasteiger partial charge in [0.15, 0.2) is 12.4 Å². The Hall–Kier alpha value is -1.38. The van der Waals surface area contributed by atoms with Gasteiger partial charge in [-0.2, -0.15) is 4.79 Å². The number of unbranched alkanes of at least 4 members (excludes halogenated alkanes) is 11. The third kappa shape index (κ3) is 10.9. The molecule has 0 N–H and O–H groups in total. The lowest BCUT2D eigenvalue weighted by Gasteiger charge is -2.03. The van der Waals surface area contributed by atoms with Gasteiger partial charge in [0.25, 0.3) is 0 Å². The summed E-state index contributed by atoms with van der Waals surface area (Å²) in [4.78, 5) is 11.7. The van der Waals surface area contributed by atoms with E-state index in [9.17, 15) is 4.79 Å². The van der Waals surface area contributed by atoms with Gasteiger partial charge in [-0.05, 0) is 6.42 Å². The summed E-state index contributed by atoms with van der Waals surface area (Å²) in [5.74, 6) is 0. The number of carbonyl (C=O) groups is 1. The Balaban J connectivity index is 1.82. The summed E-state index contributed by atoms with van der Waals surface area (Å²) in [6.07, 6.45) is 18.9. The summed E-state index contributed by atoms with van der Waals surface area (Å²) < 4.78 is 6.72. The maximum atomic E-state index is 11.7. The van der Waals surface area contributed by atoms with Gasteiger partial charge in [-0.3, -0.25) is 0 Å². The third-order valence-electron chi connectivity index (χ3n) is 4.15. The van der Waals surface area contributed by atoms with Gasteiger partial charge in [0.1, 0.15) is 0 Å². The van der Waals surface area contributed by atoms with Crippen molar-refractivity contribution < 1.29 is 14.1 Å². The summed E-state index contributed by atoms with van der Waals surface area (Å²) in [6, 6.07) is 5.53. The van der Waals surface area contributed by atoms with E-state index in [0.717, 1.165) is 12.8 Å². The molecule has 1 heterocycles. The second-order valence-electron chi connectivity index (χ2n) is 6.29. The van der Waals surface area contributed by atoms with Crippen LogP contribution in [0.3, 0.4) is 0 Å². The van der Waals surface area contributed by atoms with Crippen molar-refractivity contribution >= 4 is 6.09 Å². The fraction of sp³-hybridized carbons (Fsp3) is 0.700. The highest BCUT2D eigenvalue weighted by atomic mass is 16.5. The van der Waals surface area contributed by atoms with Crippen LogP contribution < -0.4 is 4.57 Å². The molecular formula is C20H34NO2+. The summed E-state index contributed by atoms with van der Waals surface area (Å²) in [5, 5.41) is 0. The van der Waals surface area contributed by atoms with Crippen LogP contribution >= 0.6 is 0 Å². The molecule has 0 aliphatic rings. The van der Waals surface area contributed by atoms with Gasteiger partial charge < -0.3 is 4.74 Å². The number of ether oxygens (including phenoxy) is 1. The molecule has 0 spiro atoms. The number of hydrogen-bond acceptors (Lipinski definition) is 2. The van der Waals surface area contributed by atoms with Gasteiger partial charge in [-0.1, -0.05) is 88.2 Å². The van der Waals surface area contributed by atoms with Crippen LogP contribution in [0.15, 0.2) is 30.6 Å². The number of carbonyl (C=O) groups excluding carboxylic acids is 1. The van der Waals surface area contributed by atoms with Gasteiger partial charge in [0.2, 0.25) is 0 Å². The van der Waals surface area contributed by atoms with Crippen molar-refractivity contribution in [1.29, 1.82) is 0 Å². The van der Waals surface area contributed by atoms with Crippen molar-refractivity contribution in [1.82, 2.24) is 0 Å². The molecule has 1 rings (SSSR count). The largest absolute Gasteiger partial charge is 0.601 e. The molecule has 0 aliphatic heterocycles. The molecule has 130 valence electrons. The number of aromatic nitrogens is 1. The quantitative estimate of drug-likeness (QED) is 0.347. The molecule has 0 unspecified atom stereocenters. The van der Waals surface area contributed by atoms with Crippen LogP contribution in [0.4, 0.5) is 4.79 Å². The Morgan fingerprint density at radius 3 is 1.74 bits per heavy atom. The first-order valence-electron chi connectivity index (χ1n) is 9.48. The third-order valence-corrected chi connectivity index (χ3v) is 4.15. The molecule has 0 bridgehead atoms. The summed E-state index contributed by atoms with van der Waals surface area (Å²) in [7, 11) is 0. The zero-order valence-electron chi connectivity index (χ0n) is 14.8. The van der Waals surface area contributed by atoms with Crippen molar-refractivity contribution in [3.63, 3.8) is 0 Å². The minimum atomic E-state index is -0.284. The molecule has 0 saturated carbocycles. The predicted octanol–water partition coefficient (Wildman–Crippen LogP) is 5.66. The van der Waals surface area contributed by atoms with Crippen LogP contribution in [0.5, 0.6) is 0 Å². The van der Waals surface area contributed by atoms with E-state index in [-0.39, 0.29) is 6.09 Å². The highest BCUT2D eigenvalue weighted by Gasteiger charge is 2.13. The molecule has 0 radical (unpaired) electrons. The van der Waals surface area contributed by atoms with Crippen molar-refractivity contribution in [3.05, 3.63) is 30.6 Å². The Kier molecular flexibility index (Phi) is 12.2. The molecule has 0 aromatic carbocycles. The first-order chi connectivity index (χ1) is 11.3. The first-order valence-corrected chi connectivity index (χ1v) is 9.48. The predicted molar refractivity (Wildman–Crippen MR) is 94.5 cm³/mol. The second-order valence-corrected chi connectivity index (χ2v) is 6.29. The lowest BCUT2D eigenvalue weighted by molar-refractivity contribution is -0.586. The zero-order valence-corrected chi connectivity index (χ0v) is 14.8. The van der Waals surface area contributed by atoms with E-state index in [1.807, 2.05) is 18.2 Å². The van der Waals surface area contributed by atoms with Gasteiger partial charge in [-0.15, -0.1) is 0 Å². The van der Waals surface area contributed by atoms with E-state index in [0.29, 0.717) is 6.61 Å². The molecular weight excluding hydrogens is 286 g/mol. The molecule has 0 atom stereocenters. The van der Waals surface area contributed by atoms with E-state index in [1.54, 1.807) is 12.4 Å². The Morgan fingerprint density at radius 1 is 0.739 bits per heavy atom.